The van der Waals surface area contributed by atoms with Crippen molar-refractivity contribution in [1.29, 1.82) is 5.26 Å². The molecule has 0 fully saturated rings. The minimum atomic E-state index is -0.701. The average Bonchev–Trinajstić information content (AvgIpc) is 2.40. The summed E-state index contributed by atoms with van der Waals surface area (Å²) in [5, 5.41) is 22.8. The molecule has 7 heteroatoms. The minimum absolute atomic E-state index is 0.0870. The number of nitrogens with zero attached hydrogens (tertiary/aromatic N) is 2. The van der Waals surface area contributed by atoms with Gasteiger partial charge in [-0.05, 0) is 20.0 Å². The molecule has 1 N–H and O–H groups in total. The number of rotatable bonds is 6. The molecule has 0 aliphatic rings. The van der Waals surface area contributed by atoms with Crippen LogP contribution in [0.3, 0.4) is 0 Å². The summed E-state index contributed by atoms with van der Waals surface area (Å²) in [7, 11) is 1.68. The van der Waals surface area contributed by atoms with E-state index in [1.807, 2.05) is 0 Å². The fourth-order valence-corrected chi connectivity index (χ4v) is 1.49. The van der Waals surface area contributed by atoms with E-state index in [0.717, 1.165) is 0 Å². The second-order valence-electron chi connectivity index (χ2n) is 4.16. The molecule has 0 bridgehead atoms. The summed E-state index contributed by atoms with van der Waals surface area (Å²) in [6, 6.07) is 6.12. The number of non-ortho nitro benzene ring substituents is 1. The van der Waals surface area contributed by atoms with Crippen LogP contribution in [-0.2, 0) is 0 Å². The Morgan fingerprint density at radius 2 is 2.32 bits per heavy atom. The second-order valence-corrected chi connectivity index (χ2v) is 4.57. The highest BCUT2D eigenvalue weighted by atomic mass is 35.5. The molecule has 0 aliphatic heterocycles. The fraction of sp³-hybridized carbons (Fsp3) is 0.417. The molecule has 6 nitrogen and oxygen atoms in total. The molecule has 0 amide bonds. The summed E-state index contributed by atoms with van der Waals surface area (Å²) in [6.45, 7) is 1.97. The van der Waals surface area contributed by atoms with Crippen LogP contribution in [0, 0.1) is 21.4 Å². The maximum atomic E-state index is 10.6. The van der Waals surface area contributed by atoms with Crippen molar-refractivity contribution in [3.05, 3.63) is 33.3 Å². The molecule has 1 aromatic rings. The maximum absolute atomic E-state index is 10.6. The first-order chi connectivity index (χ1) is 8.91. The lowest BCUT2D eigenvalue weighted by Gasteiger charge is -2.20. The summed E-state index contributed by atoms with van der Waals surface area (Å²) in [6.07, 6.45) is 0.430. The Morgan fingerprint density at radius 3 is 2.84 bits per heavy atom. The normalized spacial score (nSPS) is 13.4. The first-order valence-corrected chi connectivity index (χ1v) is 5.96. The van der Waals surface area contributed by atoms with Gasteiger partial charge in [0.25, 0.3) is 5.69 Å². The van der Waals surface area contributed by atoms with E-state index in [9.17, 15) is 10.1 Å². The Bertz CT molecular complexity index is 515. The van der Waals surface area contributed by atoms with Crippen molar-refractivity contribution < 1.29 is 9.66 Å². The van der Waals surface area contributed by atoms with Crippen molar-refractivity contribution >= 4 is 17.3 Å². The molecule has 1 atom stereocenters. The molecule has 0 saturated carbocycles. The molecular formula is C12H14ClN3O3. The van der Waals surface area contributed by atoms with Gasteiger partial charge in [0, 0.05) is 12.5 Å². The smallest absolute Gasteiger partial charge is 0.273 e. The number of hydrogen-bond acceptors (Lipinski definition) is 5. The standard InChI is InChI=1S/C12H14ClN3O3/c1-12(8-14,15-2)5-6-19-11-7-9(16(17)18)3-4-10(11)13/h3-4,7,15H,5-6H2,1-2H3. The highest BCUT2D eigenvalue weighted by molar-refractivity contribution is 6.32. The third-order valence-corrected chi connectivity index (χ3v) is 3.10. The third-order valence-electron chi connectivity index (χ3n) is 2.78. The maximum Gasteiger partial charge on any atom is 0.273 e. The van der Waals surface area contributed by atoms with E-state index in [1.54, 1.807) is 14.0 Å². The SMILES string of the molecule is CNC(C)(C#N)CCOc1cc([N+](=O)[O-])ccc1Cl. The van der Waals surface area contributed by atoms with Crippen LogP contribution >= 0.6 is 11.6 Å². The van der Waals surface area contributed by atoms with E-state index >= 15 is 0 Å². The van der Waals surface area contributed by atoms with Crippen LogP contribution < -0.4 is 10.1 Å². The van der Waals surface area contributed by atoms with Gasteiger partial charge >= 0.3 is 0 Å². The quantitative estimate of drug-likeness (QED) is 0.640. The number of halogens is 1. The predicted octanol–water partition coefficient (Wildman–Crippen LogP) is 2.52. The molecule has 0 aromatic heterocycles. The lowest BCUT2D eigenvalue weighted by Crippen LogP contribution is -2.39. The summed E-state index contributed by atoms with van der Waals surface area (Å²) in [4.78, 5) is 10.1. The van der Waals surface area contributed by atoms with Gasteiger partial charge in [0.15, 0.2) is 0 Å². The van der Waals surface area contributed by atoms with Gasteiger partial charge in [-0.3, -0.25) is 10.1 Å². The van der Waals surface area contributed by atoms with E-state index in [-0.39, 0.29) is 18.0 Å². The number of nitro groups is 1. The van der Waals surface area contributed by atoms with Crippen LogP contribution in [0.15, 0.2) is 18.2 Å². The molecule has 0 aliphatic carbocycles. The lowest BCUT2D eigenvalue weighted by atomic mass is 10.0. The van der Waals surface area contributed by atoms with Crippen LogP contribution in [0.25, 0.3) is 0 Å². The Kier molecular flexibility index (Phi) is 5.10. The highest BCUT2D eigenvalue weighted by Crippen LogP contribution is 2.29. The molecule has 1 rings (SSSR count). The van der Waals surface area contributed by atoms with Crippen LogP contribution in [-0.4, -0.2) is 24.1 Å². The summed E-state index contributed by atoms with van der Waals surface area (Å²) in [5.41, 5.74) is -0.788. The zero-order valence-electron chi connectivity index (χ0n) is 10.6. The first-order valence-electron chi connectivity index (χ1n) is 5.59. The van der Waals surface area contributed by atoms with Crippen LogP contribution in [0.2, 0.25) is 5.02 Å². The molecule has 0 radical (unpaired) electrons. The Balaban J connectivity index is 2.71. The van der Waals surface area contributed by atoms with Gasteiger partial charge in [0.2, 0.25) is 0 Å². The fourth-order valence-electron chi connectivity index (χ4n) is 1.32. The Labute approximate surface area is 116 Å². The van der Waals surface area contributed by atoms with Crippen LogP contribution in [0.4, 0.5) is 5.69 Å². The van der Waals surface area contributed by atoms with Crippen LogP contribution in [0.1, 0.15) is 13.3 Å². The van der Waals surface area contributed by atoms with Gasteiger partial charge < -0.3 is 10.1 Å². The number of nitrogens with one attached hydrogen (secondary N) is 1. The van der Waals surface area contributed by atoms with E-state index in [0.29, 0.717) is 11.4 Å². The lowest BCUT2D eigenvalue weighted by molar-refractivity contribution is -0.384. The van der Waals surface area contributed by atoms with Crippen molar-refractivity contribution in [1.82, 2.24) is 5.32 Å². The van der Waals surface area contributed by atoms with Crippen molar-refractivity contribution in [3.63, 3.8) is 0 Å². The Morgan fingerprint density at radius 1 is 1.63 bits per heavy atom. The monoisotopic (exact) mass is 283 g/mol. The van der Waals surface area contributed by atoms with Crippen molar-refractivity contribution in [2.24, 2.45) is 0 Å². The molecule has 0 heterocycles. The summed E-state index contributed by atoms with van der Waals surface area (Å²) >= 11 is 5.89. The van der Waals surface area contributed by atoms with Crippen LogP contribution in [0.5, 0.6) is 5.75 Å². The first kappa shape index (κ1) is 15.2. The highest BCUT2D eigenvalue weighted by Gasteiger charge is 2.21. The number of benzene rings is 1. The second kappa shape index (κ2) is 6.36. The number of ether oxygens (including phenoxy) is 1. The van der Waals surface area contributed by atoms with Gasteiger partial charge in [0.1, 0.15) is 11.3 Å². The molecular weight excluding hydrogens is 270 g/mol. The van der Waals surface area contributed by atoms with E-state index < -0.39 is 10.5 Å². The molecule has 0 spiro atoms. The van der Waals surface area contributed by atoms with Gasteiger partial charge in [-0.25, -0.2) is 0 Å². The molecule has 0 saturated heterocycles. The van der Waals surface area contributed by atoms with Gasteiger partial charge in [-0.1, -0.05) is 11.6 Å². The molecule has 1 unspecified atom stereocenters. The number of hydrogen-bond donors (Lipinski definition) is 1. The average molecular weight is 284 g/mol. The topological polar surface area (TPSA) is 88.2 Å². The van der Waals surface area contributed by atoms with Crippen molar-refractivity contribution in [2.75, 3.05) is 13.7 Å². The van der Waals surface area contributed by atoms with Gasteiger partial charge in [-0.2, -0.15) is 5.26 Å². The summed E-state index contributed by atoms with van der Waals surface area (Å²) in [5.74, 6) is 0.243. The van der Waals surface area contributed by atoms with E-state index in [1.165, 1.54) is 18.2 Å². The van der Waals surface area contributed by atoms with Crippen molar-refractivity contribution in [2.45, 2.75) is 18.9 Å². The zero-order valence-corrected chi connectivity index (χ0v) is 11.4. The molecule has 102 valence electrons. The number of nitro benzene ring substituents is 1. The van der Waals surface area contributed by atoms with E-state index in [4.69, 9.17) is 21.6 Å². The number of nitriles is 1. The Hall–Kier alpha value is -1.84. The van der Waals surface area contributed by atoms with Gasteiger partial charge in [-0.15, -0.1) is 0 Å². The van der Waals surface area contributed by atoms with Gasteiger partial charge in [0.05, 0.1) is 28.7 Å². The largest absolute Gasteiger partial charge is 0.492 e. The third kappa shape index (κ3) is 4.09. The molecule has 1 aromatic carbocycles. The summed E-state index contributed by atoms with van der Waals surface area (Å²) < 4.78 is 5.40. The minimum Gasteiger partial charge on any atom is -0.492 e. The van der Waals surface area contributed by atoms with E-state index in [2.05, 4.69) is 11.4 Å². The molecule has 19 heavy (non-hydrogen) atoms. The zero-order chi connectivity index (χ0) is 14.5. The van der Waals surface area contributed by atoms with Crippen molar-refractivity contribution in [3.8, 4) is 11.8 Å². The predicted molar refractivity (Wildman–Crippen MR) is 71.3 cm³/mol.